The minimum atomic E-state index is -0.218. The summed E-state index contributed by atoms with van der Waals surface area (Å²) in [6.07, 6.45) is 6.57. The lowest BCUT2D eigenvalue weighted by molar-refractivity contribution is 0.503. The normalized spacial score (nSPS) is 12.3. The molecule has 1 unspecified atom stereocenters. The maximum atomic E-state index is 13.3. The van der Waals surface area contributed by atoms with Crippen LogP contribution in [0.15, 0.2) is 47.2 Å². The maximum Gasteiger partial charge on any atom is 0.137 e. The number of halogens is 2. The molecule has 0 aliphatic heterocycles. The van der Waals surface area contributed by atoms with E-state index < -0.39 is 0 Å². The lowest BCUT2D eigenvalue weighted by Gasteiger charge is -2.19. The summed E-state index contributed by atoms with van der Waals surface area (Å²) in [7, 11) is 0. The van der Waals surface area contributed by atoms with Crippen molar-refractivity contribution in [3.63, 3.8) is 0 Å². The molecule has 1 aromatic carbocycles. The van der Waals surface area contributed by atoms with E-state index in [1.54, 1.807) is 6.20 Å². The van der Waals surface area contributed by atoms with Crippen LogP contribution in [0.25, 0.3) is 0 Å². The monoisotopic (exact) mass is 350 g/mol. The quantitative estimate of drug-likeness (QED) is 0.811. The molecule has 0 bridgehead atoms. The Bertz CT molecular complexity index is 560. The van der Waals surface area contributed by atoms with Crippen LogP contribution in [0, 0.1) is 5.82 Å². The number of aromatic nitrogens is 1. The number of pyridine rings is 1. The van der Waals surface area contributed by atoms with Gasteiger partial charge in [0.1, 0.15) is 5.82 Å². The molecule has 0 saturated heterocycles. The van der Waals surface area contributed by atoms with Gasteiger partial charge in [-0.1, -0.05) is 19.1 Å². The van der Waals surface area contributed by atoms with Crippen LogP contribution in [0.1, 0.15) is 24.5 Å². The Morgan fingerprint density at radius 1 is 1.24 bits per heavy atom. The Balaban J connectivity index is 2.06. The largest absolute Gasteiger partial charge is 0.313 e. The number of nitrogens with one attached hydrogen (secondary N) is 1. The molecule has 0 saturated carbocycles. The van der Waals surface area contributed by atoms with Crippen LogP contribution in [0.3, 0.4) is 0 Å². The van der Waals surface area contributed by atoms with Crippen molar-refractivity contribution in [1.29, 1.82) is 0 Å². The second kappa shape index (κ2) is 8.25. The van der Waals surface area contributed by atoms with Gasteiger partial charge in [0.15, 0.2) is 0 Å². The summed E-state index contributed by atoms with van der Waals surface area (Å²) >= 11 is 3.25. The highest BCUT2D eigenvalue weighted by Gasteiger charge is 2.11. The highest BCUT2D eigenvalue weighted by Crippen LogP contribution is 2.18. The molecule has 1 atom stereocenters. The molecule has 0 fully saturated rings. The molecule has 4 heteroatoms. The topological polar surface area (TPSA) is 24.9 Å². The zero-order valence-electron chi connectivity index (χ0n) is 12.2. The Kier molecular flexibility index (Phi) is 6.33. The van der Waals surface area contributed by atoms with Gasteiger partial charge in [0.2, 0.25) is 0 Å². The minimum Gasteiger partial charge on any atom is -0.313 e. The molecule has 21 heavy (non-hydrogen) atoms. The number of hydrogen-bond donors (Lipinski definition) is 1. The average Bonchev–Trinajstić information content (AvgIpc) is 2.49. The number of rotatable bonds is 7. The Hall–Kier alpha value is -1.26. The zero-order valence-corrected chi connectivity index (χ0v) is 13.7. The van der Waals surface area contributed by atoms with Crippen molar-refractivity contribution < 1.29 is 4.39 Å². The van der Waals surface area contributed by atoms with Gasteiger partial charge in [0.05, 0.1) is 4.47 Å². The second-order valence-electron chi connectivity index (χ2n) is 5.17. The number of hydrogen-bond acceptors (Lipinski definition) is 2. The number of nitrogens with zero attached hydrogens (tertiary/aromatic N) is 1. The molecule has 0 spiro atoms. The van der Waals surface area contributed by atoms with Crippen molar-refractivity contribution in [3.8, 4) is 0 Å². The van der Waals surface area contributed by atoms with Gasteiger partial charge < -0.3 is 5.32 Å². The summed E-state index contributed by atoms with van der Waals surface area (Å²) in [5.41, 5.74) is 2.34. The van der Waals surface area contributed by atoms with Crippen molar-refractivity contribution in [1.82, 2.24) is 10.3 Å². The third kappa shape index (κ3) is 5.21. The van der Waals surface area contributed by atoms with E-state index in [1.807, 2.05) is 24.4 Å². The third-order valence-corrected chi connectivity index (χ3v) is 3.96. The van der Waals surface area contributed by atoms with E-state index in [9.17, 15) is 4.39 Å². The van der Waals surface area contributed by atoms with E-state index in [4.69, 9.17) is 0 Å². The van der Waals surface area contributed by atoms with Crippen LogP contribution in [0.5, 0.6) is 0 Å². The Labute approximate surface area is 133 Å². The van der Waals surface area contributed by atoms with Crippen LogP contribution in [-0.2, 0) is 12.8 Å². The summed E-state index contributed by atoms with van der Waals surface area (Å²) in [6.45, 7) is 3.13. The van der Waals surface area contributed by atoms with Crippen LogP contribution >= 0.6 is 15.9 Å². The van der Waals surface area contributed by atoms with Crippen molar-refractivity contribution in [2.75, 3.05) is 6.54 Å². The van der Waals surface area contributed by atoms with Gasteiger partial charge >= 0.3 is 0 Å². The fourth-order valence-corrected chi connectivity index (χ4v) is 2.75. The average molecular weight is 351 g/mol. The molecule has 112 valence electrons. The maximum absolute atomic E-state index is 13.3. The summed E-state index contributed by atoms with van der Waals surface area (Å²) in [5.74, 6) is -0.218. The Morgan fingerprint density at radius 3 is 2.71 bits per heavy atom. The third-order valence-electron chi connectivity index (χ3n) is 3.35. The first-order valence-corrected chi connectivity index (χ1v) is 8.04. The molecule has 2 aromatic rings. The van der Waals surface area contributed by atoms with Gasteiger partial charge in [-0.15, -0.1) is 0 Å². The first-order valence-electron chi connectivity index (χ1n) is 7.25. The summed E-state index contributed by atoms with van der Waals surface area (Å²) in [4.78, 5) is 4.17. The highest BCUT2D eigenvalue weighted by molar-refractivity contribution is 9.10. The summed E-state index contributed by atoms with van der Waals surface area (Å²) < 4.78 is 13.8. The van der Waals surface area contributed by atoms with E-state index >= 15 is 0 Å². The molecule has 1 heterocycles. The van der Waals surface area contributed by atoms with E-state index in [1.165, 1.54) is 11.6 Å². The fourth-order valence-electron chi connectivity index (χ4n) is 2.32. The van der Waals surface area contributed by atoms with Crippen molar-refractivity contribution in [2.45, 2.75) is 32.2 Å². The van der Waals surface area contributed by atoms with Gasteiger partial charge in [-0.3, -0.25) is 4.98 Å². The first-order chi connectivity index (χ1) is 10.2. The molecule has 0 aliphatic carbocycles. The predicted octanol–water partition coefficient (Wildman–Crippen LogP) is 4.14. The summed E-state index contributed by atoms with van der Waals surface area (Å²) in [5, 5.41) is 3.56. The Morgan fingerprint density at radius 2 is 2.05 bits per heavy atom. The summed E-state index contributed by atoms with van der Waals surface area (Å²) in [6, 6.07) is 9.60. The SMILES string of the molecule is CCCNC(Cc1cccnc1)Cc1ccc(F)c(Br)c1. The van der Waals surface area contributed by atoms with Gasteiger partial charge in [-0.25, -0.2) is 4.39 Å². The van der Waals surface area contributed by atoms with Gasteiger partial charge in [-0.05, 0) is 71.1 Å². The number of benzene rings is 1. The smallest absolute Gasteiger partial charge is 0.137 e. The minimum absolute atomic E-state index is 0.218. The molecular formula is C17H20BrFN2. The molecule has 0 amide bonds. The van der Waals surface area contributed by atoms with Crippen molar-refractivity contribution >= 4 is 15.9 Å². The van der Waals surface area contributed by atoms with Crippen LogP contribution < -0.4 is 5.32 Å². The standard InChI is InChI=1S/C17H20BrFN2/c1-2-7-21-15(10-14-4-3-8-20-12-14)9-13-5-6-17(19)16(18)11-13/h3-6,8,11-12,15,21H,2,7,9-10H2,1H3. The van der Waals surface area contributed by atoms with E-state index in [0.717, 1.165) is 31.4 Å². The molecule has 0 aliphatic rings. The van der Waals surface area contributed by atoms with E-state index in [0.29, 0.717) is 10.5 Å². The van der Waals surface area contributed by atoms with Gasteiger partial charge in [0, 0.05) is 18.4 Å². The van der Waals surface area contributed by atoms with Crippen molar-refractivity contribution in [2.24, 2.45) is 0 Å². The molecule has 1 N–H and O–H groups in total. The molecule has 0 radical (unpaired) electrons. The predicted molar refractivity (Wildman–Crippen MR) is 87.8 cm³/mol. The lowest BCUT2D eigenvalue weighted by atomic mass is 9.99. The molecule has 2 rings (SSSR count). The van der Waals surface area contributed by atoms with Crippen LogP contribution in [-0.4, -0.2) is 17.6 Å². The van der Waals surface area contributed by atoms with Gasteiger partial charge in [-0.2, -0.15) is 0 Å². The first kappa shape index (κ1) is 16.1. The molecular weight excluding hydrogens is 331 g/mol. The van der Waals surface area contributed by atoms with Gasteiger partial charge in [0.25, 0.3) is 0 Å². The second-order valence-corrected chi connectivity index (χ2v) is 6.02. The van der Waals surface area contributed by atoms with Crippen LogP contribution in [0.4, 0.5) is 4.39 Å². The zero-order chi connectivity index (χ0) is 15.1. The van der Waals surface area contributed by atoms with Crippen molar-refractivity contribution in [3.05, 3.63) is 64.1 Å². The molecule has 2 nitrogen and oxygen atoms in total. The lowest BCUT2D eigenvalue weighted by Crippen LogP contribution is -2.33. The fraction of sp³-hybridized carbons (Fsp3) is 0.353. The van der Waals surface area contributed by atoms with Crippen LogP contribution in [0.2, 0.25) is 0 Å². The van der Waals surface area contributed by atoms with E-state index in [-0.39, 0.29) is 5.82 Å². The molecule has 1 aromatic heterocycles. The highest BCUT2D eigenvalue weighted by atomic mass is 79.9. The van der Waals surface area contributed by atoms with E-state index in [2.05, 4.69) is 39.2 Å².